The zero-order valence-electron chi connectivity index (χ0n) is 49.4. The highest BCUT2D eigenvalue weighted by atomic mass is 33.1. The van der Waals surface area contributed by atoms with Crippen molar-refractivity contribution in [2.24, 2.45) is 11.5 Å². The van der Waals surface area contributed by atoms with Gasteiger partial charge in [0.2, 0.25) is 41.4 Å². The van der Waals surface area contributed by atoms with Gasteiger partial charge in [-0.05, 0) is 68.8 Å². The van der Waals surface area contributed by atoms with E-state index in [-0.39, 0.29) is 32.2 Å². The van der Waals surface area contributed by atoms with Crippen LogP contribution in [0.25, 0.3) is 10.9 Å². The summed E-state index contributed by atoms with van der Waals surface area (Å²) in [6.07, 6.45) is -4.70. The van der Waals surface area contributed by atoms with Crippen LogP contribution in [0.3, 0.4) is 0 Å². The number of rotatable bonds is 17. The summed E-state index contributed by atoms with van der Waals surface area (Å²) in [6, 6.07) is -4.26. The number of nitrogens with one attached hydrogen (secondary N) is 8. The van der Waals surface area contributed by atoms with E-state index in [1.165, 1.54) is 13.8 Å². The first-order valence-electron chi connectivity index (χ1n) is 27.7. The number of benzene rings is 3. The lowest BCUT2D eigenvalue weighted by molar-refractivity contribution is -0.136. The highest BCUT2D eigenvalue weighted by Crippen LogP contribution is 2.24. The van der Waals surface area contributed by atoms with E-state index in [0.29, 0.717) is 28.5 Å². The summed E-state index contributed by atoms with van der Waals surface area (Å²) in [5.74, 6) is -9.53. The second-order valence-electron chi connectivity index (χ2n) is 17.2. The largest absolute Gasteiger partial charge is 0.481 e. The van der Waals surface area contributed by atoms with Gasteiger partial charge in [0.05, 0.1) is 39.1 Å². The smallest absolute Gasteiger partial charge is 0.300 e. The SMILES string of the molecule is CC(=O)O.[2H]c1c([2H])c([2H])c(C([2H])([2H])[C@@]([2H])(N)C(=O)N[C@H]2CSSC[C@@H](C(=O)N[C@H](CO)[C@@H](C)O)NC(=O)[C@H]([C@@H](C)O)NC(=O)[C@H](CCCCN)NC(=O)[C@@H](Cc3c[nH]c4ccccc34)NC(=O)[C@H](Cc3ccccc3)NC2=O)c([2H])c1[2H]. The molecule has 24 heteroatoms. The second-order valence-corrected chi connectivity index (χ2v) is 19.8. The fourth-order valence-corrected chi connectivity index (χ4v) is 9.56. The number of aliphatic hydroxyl groups excluding tert-OH is 3. The number of para-hydroxylation sites is 1. The van der Waals surface area contributed by atoms with Crippen molar-refractivity contribution >= 4 is 79.8 Å². The number of unbranched alkanes of at least 4 members (excludes halogenated alkanes) is 1. The van der Waals surface area contributed by atoms with Crippen molar-refractivity contribution < 1.29 is 69.7 Å². The Morgan fingerprint density at radius 2 is 1.40 bits per heavy atom. The Balaban J connectivity index is 0.00000358. The van der Waals surface area contributed by atoms with Gasteiger partial charge in [0.1, 0.15) is 36.3 Å². The molecule has 1 aliphatic rings. The molecule has 0 saturated carbocycles. The van der Waals surface area contributed by atoms with Gasteiger partial charge in [0.25, 0.3) is 5.97 Å². The minimum atomic E-state index is -3.56. The number of aliphatic carboxylic acids is 1. The molecule has 0 bridgehead atoms. The number of nitrogens with two attached hydrogens (primary N) is 2. The summed E-state index contributed by atoms with van der Waals surface area (Å²) in [7, 11) is 1.56. The standard InChI is InChI=1S/C49H66N10O10S2.C2H4O2/c1-28(61)39(25-60)56-48(68)41-27-71-70-26-40(57-43(63)34(51)21-30-13-5-3-6-14-30)47(67)54-37(22-31-15-7-4-8-16-31)45(65)55-38(23-32-24-52-35-18-10-9-17-33(32)35)46(66)53-36(19-11-12-20-50)44(64)59-42(29(2)62)49(69)58-41;1-2(3)4/h3-10,13-18,24,28-29,34,36-42,52,60-62H,11-12,19-23,25-27,50-51H2,1-2H3,(H,53,66)(H,54,67)(H,55,65)(H,56,68)(H,57,63)(H,58,69)(H,59,64);1H3,(H,3,4)/t28-,29-,34-,36+,37+,38-,39-,40+,41+,42+;/m1./s1/i3D,5D,6D,13D,14D,21D2,34D;. The van der Waals surface area contributed by atoms with Crippen LogP contribution < -0.4 is 48.7 Å². The maximum absolute atomic E-state index is 14.8. The Morgan fingerprint density at radius 3 is 2.04 bits per heavy atom. The molecule has 1 aromatic heterocycles. The first-order valence-corrected chi connectivity index (χ1v) is 26.2. The van der Waals surface area contributed by atoms with Crippen LogP contribution in [-0.4, -0.2) is 158 Å². The van der Waals surface area contributed by atoms with Gasteiger partial charge in [0.15, 0.2) is 0 Å². The third-order valence-electron chi connectivity index (χ3n) is 11.2. The molecule has 10 atom stereocenters. The Kier molecular flexibility index (Phi) is 20.6. The van der Waals surface area contributed by atoms with E-state index in [1.807, 2.05) is 0 Å². The van der Waals surface area contributed by atoms with Gasteiger partial charge in [-0.3, -0.25) is 38.4 Å². The summed E-state index contributed by atoms with van der Waals surface area (Å²) >= 11 is 0. The summed E-state index contributed by atoms with van der Waals surface area (Å²) in [4.78, 5) is 113. The average Bonchev–Trinajstić information content (AvgIpc) is 3.58. The summed E-state index contributed by atoms with van der Waals surface area (Å²) in [5, 5.41) is 56.8. The number of carboxylic acid groups (broad SMARTS) is 1. The normalized spacial score (nSPS) is 24.1. The quantitative estimate of drug-likeness (QED) is 0.0459. The molecule has 408 valence electrons. The Hall–Kier alpha value is -6.54. The highest BCUT2D eigenvalue weighted by molar-refractivity contribution is 8.76. The van der Waals surface area contributed by atoms with E-state index < -0.39 is 168 Å². The maximum atomic E-state index is 14.8. The van der Waals surface area contributed by atoms with Gasteiger partial charge >= 0.3 is 0 Å². The van der Waals surface area contributed by atoms with Gasteiger partial charge in [-0.25, -0.2) is 0 Å². The number of carbonyl (C=O) groups excluding carboxylic acids is 7. The van der Waals surface area contributed by atoms with Gasteiger partial charge in [-0.2, -0.15) is 0 Å². The molecule has 3 aromatic carbocycles. The van der Waals surface area contributed by atoms with Gasteiger partial charge in [0, 0.05) is 51.1 Å². The topological polar surface area (TPSA) is 370 Å². The van der Waals surface area contributed by atoms with Crippen molar-refractivity contribution in [2.45, 2.75) is 120 Å². The van der Waals surface area contributed by atoms with E-state index in [1.54, 1.807) is 60.8 Å². The first kappa shape index (κ1) is 49.3. The second kappa shape index (κ2) is 31.4. The van der Waals surface area contributed by atoms with Crippen molar-refractivity contribution in [1.29, 1.82) is 0 Å². The number of H-pyrrole nitrogens is 1. The van der Waals surface area contributed by atoms with Crippen LogP contribution in [0.15, 0.2) is 91.0 Å². The van der Waals surface area contributed by atoms with Crippen LogP contribution in [0.5, 0.6) is 0 Å². The minimum Gasteiger partial charge on any atom is -0.481 e. The third-order valence-corrected chi connectivity index (χ3v) is 13.6. The lowest BCUT2D eigenvalue weighted by Crippen LogP contribution is -2.62. The van der Waals surface area contributed by atoms with Crippen LogP contribution in [0.1, 0.15) is 67.7 Å². The number of hydrogen-bond donors (Lipinski definition) is 14. The molecule has 7 amide bonds. The van der Waals surface area contributed by atoms with Crippen LogP contribution in [0, 0.1) is 0 Å². The number of carbonyl (C=O) groups is 8. The summed E-state index contributed by atoms with van der Waals surface area (Å²) in [5.41, 5.74) is 12.5. The number of hydrogen-bond acceptors (Lipinski definition) is 15. The number of amides is 7. The lowest BCUT2D eigenvalue weighted by Gasteiger charge is -2.29. The number of carboxylic acids is 1. The van der Waals surface area contributed by atoms with E-state index in [9.17, 15) is 48.9 Å². The molecule has 1 saturated heterocycles. The minimum absolute atomic E-state index is 0.0518. The van der Waals surface area contributed by atoms with Crippen LogP contribution >= 0.6 is 21.6 Å². The molecule has 1 fully saturated rings. The monoisotopic (exact) mass is 1090 g/mol. The predicted octanol–water partition coefficient (Wildman–Crippen LogP) is -0.715. The van der Waals surface area contributed by atoms with E-state index in [0.717, 1.165) is 28.5 Å². The van der Waals surface area contributed by atoms with Gasteiger partial charge < -0.3 is 74.1 Å². The fourth-order valence-electron chi connectivity index (χ4n) is 7.23. The average molecular weight is 1090 g/mol. The van der Waals surface area contributed by atoms with E-state index in [2.05, 4.69) is 42.2 Å². The number of aromatic amines is 1. The van der Waals surface area contributed by atoms with Crippen molar-refractivity contribution in [1.82, 2.24) is 42.2 Å². The maximum Gasteiger partial charge on any atom is 0.300 e. The molecule has 75 heavy (non-hydrogen) atoms. The molecule has 2 heterocycles. The number of fused-ring (bicyclic) bond motifs is 1. The predicted molar refractivity (Wildman–Crippen MR) is 285 cm³/mol. The third kappa shape index (κ3) is 20.3. The van der Waals surface area contributed by atoms with Gasteiger partial charge in [-0.1, -0.05) is 100 Å². The highest BCUT2D eigenvalue weighted by Gasteiger charge is 2.36. The molecule has 5 rings (SSSR count). The summed E-state index contributed by atoms with van der Waals surface area (Å²) < 4.78 is 67.5. The number of aromatic nitrogens is 1. The molecule has 0 unspecified atom stereocenters. The van der Waals surface area contributed by atoms with Gasteiger partial charge in [-0.15, -0.1) is 0 Å². The molecular formula is C51H70N10O12S2. The van der Waals surface area contributed by atoms with Crippen molar-refractivity contribution in [3.63, 3.8) is 0 Å². The Bertz CT molecular complexity index is 2920. The fraction of sp³-hybridized carbons (Fsp3) is 0.451. The molecule has 1 aliphatic heterocycles. The van der Waals surface area contributed by atoms with Crippen LogP contribution in [0.4, 0.5) is 0 Å². The van der Waals surface area contributed by atoms with Crippen molar-refractivity contribution in [3.8, 4) is 0 Å². The number of aliphatic hydroxyl groups is 3. The lowest BCUT2D eigenvalue weighted by atomic mass is 10.0. The van der Waals surface area contributed by atoms with E-state index >= 15 is 0 Å². The molecule has 22 nitrogen and oxygen atoms in total. The molecule has 16 N–H and O–H groups in total. The molecule has 0 aliphatic carbocycles. The van der Waals surface area contributed by atoms with Crippen molar-refractivity contribution in [2.75, 3.05) is 24.7 Å². The zero-order valence-corrected chi connectivity index (χ0v) is 43.0. The molecule has 4 aromatic rings. The van der Waals surface area contributed by atoms with Crippen molar-refractivity contribution in [3.05, 3.63) is 108 Å². The Labute approximate surface area is 454 Å². The summed E-state index contributed by atoms with van der Waals surface area (Å²) in [6.45, 7) is 3.01. The van der Waals surface area contributed by atoms with Crippen LogP contribution in [0.2, 0.25) is 0 Å². The molecule has 0 radical (unpaired) electrons. The van der Waals surface area contributed by atoms with Crippen LogP contribution in [-0.2, 0) is 57.6 Å². The zero-order chi connectivity index (χ0) is 62.1. The molecule has 0 spiro atoms. The first-order chi connectivity index (χ1) is 39.0. The van der Waals surface area contributed by atoms with E-state index in [4.69, 9.17) is 32.3 Å². The Morgan fingerprint density at radius 1 is 0.800 bits per heavy atom. The molecular weight excluding hydrogens is 1010 g/mol.